The summed E-state index contributed by atoms with van der Waals surface area (Å²) in [7, 11) is -3.50. The molecule has 0 aliphatic carbocycles. The van der Waals surface area contributed by atoms with Crippen LogP contribution in [0.4, 0.5) is 0 Å². The molecule has 0 unspecified atom stereocenters. The van der Waals surface area contributed by atoms with E-state index in [1.807, 2.05) is 36.4 Å². The molecule has 0 N–H and O–H groups in total. The number of nitrogens with zero attached hydrogens (tertiary/aromatic N) is 1. The molecule has 0 amide bonds. The van der Waals surface area contributed by atoms with Gasteiger partial charge in [-0.2, -0.15) is 4.31 Å². The molecule has 1 aliphatic rings. The average Bonchev–Trinajstić information content (AvgIpc) is 3.05. The molecule has 0 saturated carbocycles. The molecule has 2 aromatic carbocycles. The molecule has 0 bridgehead atoms. The Labute approximate surface area is 142 Å². The molecule has 122 valence electrons. The van der Waals surface area contributed by atoms with Crippen molar-refractivity contribution in [1.82, 2.24) is 4.31 Å². The summed E-state index contributed by atoms with van der Waals surface area (Å²) in [4.78, 5) is 0.355. The van der Waals surface area contributed by atoms with Gasteiger partial charge in [-0.3, -0.25) is 0 Å². The normalized spacial score (nSPS) is 19.1. The molecule has 1 saturated heterocycles. The number of aryl methyl sites for hydroxylation is 1. The third kappa shape index (κ3) is 3.16. The maximum Gasteiger partial charge on any atom is 0.243 e. The zero-order valence-corrected chi connectivity index (χ0v) is 14.6. The molecule has 0 radical (unpaired) electrons. The number of hydrogen-bond acceptors (Lipinski definition) is 2. The zero-order valence-electron chi connectivity index (χ0n) is 13.1. The second-order valence-electron chi connectivity index (χ2n) is 5.79. The minimum absolute atomic E-state index is 0.181. The highest BCUT2D eigenvalue weighted by molar-refractivity contribution is 7.89. The van der Waals surface area contributed by atoms with Crippen LogP contribution in [-0.4, -0.2) is 19.3 Å². The summed E-state index contributed by atoms with van der Waals surface area (Å²) in [5.41, 5.74) is 2.02. The molecular formula is C18H20ClNO2S. The van der Waals surface area contributed by atoms with Crippen LogP contribution < -0.4 is 0 Å². The predicted octanol–water partition coefficient (Wildman–Crippen LogP) is 4.43. The molecule has 1 atom stereocenters. The van der Waals surface area contributed by atoms with Crippen LogP contribution in [0.25, 0.3) is 0 Å². The van der Waals surface area contributed by atoms with Gasteiger partial charge in [0.15, 0.2) is 0 Å². The monoisotopic (exact) mass is 349 g/mol. The van der Waals surface area contributed by atoms with Gasteiger partial charge in [-0.1, -0.05) is 48.9 Å². The fourth-order valence-corrected chi connectivity index (χ4v) is 5.05. The van der Waals surface area contributed by atoms with E-state index in [9.17, 15) is 8.42 Å². The van der Waals surface area contributed by atoms with Gasteiger partial charge in [0, 0.05) is 11.6 Å². The Balaban J connectivity index is 1.96. The Morgan fingerprint density at radius 2 is 1.83 bits per heavy atom. The van der Waals surface area contributed by atoms with Gasteiger partial charge >= 0.3 is 0 Å². The first-order chi connectivity index (χ1) is 11.0. The summed E-state index contributed by atoms with van der Waals surface area (Å²) in [5, 5.41) is 0.626. The van der Waals surface area contributed by atoms with Crippen molar-refractivity contribution in [3.05, 3.63) is 64.7 Å². The Hall–Kier alpha value is -1.36. The molecule has 2 aromatic rings. The Bertz CT molecular complexity index is 787. The van der Waals surface area contributed by atoms with Crippen molar-refractivity contribution >= 4 is 21.6 Å². The summed E-state index contributed by atoms with van der Waals surface area (Å²) in [6.45, 7) is 2.59. The fourth-order valence-electron chi connectivity index (χ4n) is 3.12. The summed E-state index contributed by atoms with van der Waals surface area (Å²) < 4.78 is 27.6. The van der Waals surface area contributed by atoms with Gasteiger partial charge in [0.25, 0.3) is 0 Å². The van der Waals surface area contributed by atoms with Crippen LogP contribution in [0.5, 0.6) is 0 Å². The lowest BCUT2D eigenvalue weighted by Gasteiger charge is -2.25. The quantitative estimate of drug-likeness (QED) is 0.818. The lowest BCUT2D eigenvalue weighted by atomic mass is 10.1. The van der Waals surface area contributed by atoms with Crippen LogP contribution in [-0.2, 0) is 16.4 Å². The number of hydrogen-bond donors (Lipinski definition) is 0. The van der Waals surface area contributed by atoms with Gasteiger partial charge in [0.2, 0.25) is 10.0 Å². The zero-order chi connectivity index (χ0) is 16.4. The van der Waals surface area contributed by atoms with Gasteiger partial charge < -0.3 is 0 Å². The Kier molecular flexibility index (Phi) is 4.76. The van der Waals surface area contributed by atoms with E-state index in [2.05, 4.69) is 6.92 Å². The summed E-state index contributed by atoms with van der Waals surface area (Å²) in [6.07, 6.45) is 2.55. The molecule has 1 fully saturated rings. The fraction of sp³-hybridized carbons (Fsp3) is 0.333. The van der Waals surface area contributed by atoms with Gasteiger partial charge in [-0.15, -0.1) is 0 Å². The van der Waals surface area contributed by atoms with E-state index in [-0.39, 0.29) is 6.04 Å². The van der Waals surface area contributed by atoms with E-state index in [0.717, 1.165) is 30.4 Å². The molecular weight excluding hydrogens is 330 g/mol. The second kappa shape index (κ2) is 6.63. The first kappa shape index (κ1) is 16.5. The van der Waals surface area contributed by atoms with E-state index in [0.29, 0.717) is 16.5 Å². The third-order valence-corrected chi connectivity index (χ3v) is 6.67. The average molecular weight is 350 g/mol. The van der Waals surface area contributed by atoms with Crippen molar-refractivity contribution in [3.8, 4) is 0 Å². The molecule has 3 rings (SSSR count). The Morgan fingerprint density at radius 3 is 2.48 bits per heavy atom. The van der Waals surface area contributed by atoms with Crippen molar-refractivity contribution in [1.29, 1.82) is 0 Å². The standard InChI is InChI=1S/C18H20ClNO2S/c1-2-14-9-11-15(12-10-14)23(21,22)20-13-5-8-18(20)16-6-3-4-7-17(16)19/h3-4,6-7,9-12,18H,2,5,8,13H2,1H3/t18-/m0/s1. The number of sulfonamides is 1. The number of rotatable bonds is 4. The first-order valence-corrected chi connectivity index (χ1v) is 9.71. The molecule has 0 spiro atoms. The molecule has 1 aliphatic heterocycles. The smallest absolute Gasteiger partial charge is 0.207 e. The van der Waals surface area contributed by atoms with Gasteiger partial charge in [-0.05, 0) is 48.6 Å². The largest absolute Gasteiger partial charge is 0.243 e. The van der Waals surface area contributed by atoms with E-state index < -0.39 is 10.0 Å². The highest BCUT2D eigenvalue weighted by atomic mass is 35.5. The molecule has 3 nitrogen and oxygen atoms in total. The van der Waals surface area contributed by atoms with Gasteiger partial charge in [0.1, 0.15) is 0 Å². The van der Waals surface area contributed by atoms with Crippen molar-refractivity contribution in [2.75, 3.05) is 6.54 Å². The van der Waals surface area contributed by atoms with Gasteiger partial charge in [-0.25, -0.2) is 8.42 Å². The minimum atomic E-state index is -3.50. The lowest BCUT2D eigenvalue weighted by Crippen LogP contribution is -2.30. The Morgan fingerprint density at radius 1 is 1.13 bits per heavy atom. The highest BCUT2D eigenvalue weighted by Crippen LogP contribution is 2.39. The van der Waals surface area contributed by atoms with Crippen molar-refractivity contribution in [2.45, 2.75) is 37.1 Å². The SMILES string of the molecule is CCc1ccc(S(=O)(=O)N2CCC[C@H]2c2ccccc2Cl)cc1. The maximum absolute atomic E-state index is 13.0. The molecule has 1 heterocycles. The highest BCUT2D eigenvalue weighted by Gasteiger charge is 2.36. The molecule has 5 heteroatoms. The second-order valence-corrected chi connectivity index (χ2v) is 8.09. The van der Waals surface area contributed by atoms with Crippen LogP contribution in [0.15, 0.2) is 53.4 Å². The van der Waals surface area contributed by atoms with Crippen LogP contribution in [0.2, 0.25) is 5.02 Å². The van der Waals surface area contributed by atoms with Crippen LogP contribution in [0, 0.1) is 0 Å². The number of halogens is 1. The predicted molar refractivity (Wildman–Crippen MR) is 93.1 cm³/mol. The van der Waals surface area contributed by atoms with Crippen LogP contribution in [0.3, 0.4) is 0 Å². The summed E-state index contributed by atoms with van der Waals surface area (Å²) in [5.74, 6) is 0. The summed E-state index contributed by atoms with van der Waals surface area (Å²) >= 11 is 6.28. The van der Waals surface area contributed by atoms with Crippen molar-refractivity contribution < 1.29 is 8.42 Å². The number of benzene rings is 2. The maximum atomic E-state index is 13.0. The lowest BCUT2D eigenvalue weighted by molar-refractivity contribution is 0.397. The van der Waals surface area contributed by atoms with E-state index in [4.69, 9.17) is 11.6 Å². The summed E-state index contributed by atoms with van der Waals surface area (Å²) in [6, 6.07) is 14.5. The van der Waals surface area contributed by atoms with Crippen LogP contribution in [0.1, 0.15) is 36.9 Å². The first-order valence-electron chi connectivity index (χ1n) is 7.89. The molecule has 23 heavy (non-hydrogen) atoms. The minimum Gasteiger partial charge on any atom is -0.207 e. The van der Waals surface area contributed by atoms with Gasteiger partial charge in [0.05, 0.1) is 10.9 Å². The van der Waals surface area contributed by atoms with E-state index in [1.54, 1.807) is 16.4 Å². The van der Waals surface area contributed by atoms with E-state index in [1.165, 1.54) is 0 Å². The van der Waals surface area contributed by atoms with Crippen molar-refractivity contribution in [3.63, 3.8) is 0 Å². The van der Waals surface area contributed by atoms with Crippen LogP contribution >= 0.6 is 11.6 Å². The molecule has 0 aromatic heterocycles. The van der Waals surface area contributed by atoms with Crippen molar-refractivity contribution in [2.24, 2.45) is 0 Å². The topological polar surface area (TPSA) is 37.4 Å². The van der Waals surface area contributed by atoms with E-state index >= 15 is 0 Å². The third-order valence-electron chi connectivity index (χ3n) is 4.41.